The third-order valence-corrected chi connectivity index (χ3v) is 3.11. The molecule has 2 aromatic rings. The van der Waals surface area contributed by atoms with E-state index in [9.17, 15) is 14.3 Å². The molecule has 21 heavy (non-hydrogen) atoms. The second kappa shape index (κ2) is 6.26. The molecule has 0 fully saturated rings. The highest BCUT2D eigenvalue weighted by molar-refractivity contribution is 5.73. The Labute approximate surface area is 122 Å². The first-order valence-electron chi connectivity index (χ1n) is 6.46. The zero-order valence-corrected chi connectivity index (χ0v) is 11.6. The van der Waals surface area contributed by atoms with E-state index in [1.165, 1.54) is 12.1 Å². The first kappa shape index (κ1) is 14.8. The summed E-state index contributed by atoms with van der Waals surface area (Å²) in [5, 5.41) is 18.2. The van der Waals surface area contributed by atoms with Gasteiger partial charge in [0.25, 0.3) is 0 Å². The summed E-state index contributed by atoms with van der Waals surface area (Å²) < 4.78 is 13.4. The number of benzene rings is 2. The Hall–Kier alpha value is -2.56. The number of halogens is 1. The second-order valence-corrected chi connectivity index (χ2v) is 4.87. The topological polar surface area (TPSA) is 60.8 Å². The van der Waals surface area contributed by atoms with E-state index < -0.39 is 17.5 Å². The normalized spacial score (nSPS) is 10.4. The molecule has 110 valence electrons. The average molecular weight is 289 g/mol. The van der Waals surface area contributed by atoms with Gasteiger partial charge < -0.3 is 15.1 Å². The molecule has 5 heteroatoms. The molecule has 0 unspecified atom stereocenters. The van der Waals surface area contributed by atoms with Crippen LogP contribution in [0.2, 0.25) is 0 Å². The Morgan fingerprint density at radius 3 is 2.43 bits per heavy atom. The summed E-state index contributed by atoms with van der Waals surface area (Å²) in [6.07, 6.45) is 0. The maximum absolute atomic E-state index is 13.4. The van der Waals surface area contributed by atoms with Gasteiger partial charge >= 0.3 is 5.97 Å². The summed E-state index contributed by atoms with van der Waals surface area (Å²) in [5.74, 6) is -2.10. The molecule has 0 saturated carbocycles. The van der Waals surface area contributed by atoms with Crippen molar-refractivity contribution < 1.29 is 19.4 Å². The summed E-state index contributed by atoms with van der Waals surface area (Å²) in [6.45, 7) is 2.00. The van der Waals surface area contributed by atoms with Gasteiger partial charge in [-0.1, -0.05) is 23.8 Å². The zero-order valence-electron chi connectivity index (χ0n) is 11.6. The van der Waals surface area contributed by atoms with Gasteiger partial charge in [0.05, 0.1) is 0 Å². The lowest BCUT2D eigenvalue weighted by Gasteiger charge is -2.23. The van der Waals surface area contributed by atoms with Crippen molar-refractivity contribution in [2.24, 2.45) is 0 Å². The van der Waals surface area contributed by atoms with Gasteiger partial charge in [0.15, 0.2) is 11.6 Å². The quantitative estimate of drug-likeness (QED) is 0.888. The molecule has 0 radical (unpaired) electrons. The molecule has 0 amide bonds. The van der Waals surface area contributed by atoms with Crippen molar-refractivity contribution in [2.45, 2.75) is 13.5 Å². The fourth-order valence-corrected chi connectivity index (χ4v) is 2.03. The van der Waals surface area contributed by atoms with Gasteiger partial charge in [0.1, 0.15) is 6.54 Å². The van der Waals surface area contributed by atoms with Crippen LogP contribution < -0.4 is 4.90 Å². The lowest BCUT2D eigenvalue weighted by atomic mass is 10.1. The molecule has 0 aliphatic heterocycles. The number of rotatable bonds is 5. The molecule has 0 atom stereocenters. The SMILES string of the molecule is Cc1ccc(N(CC(=O)O)Cc2ccc(O)c(F)c2)cc1. The number of phenolic OH excluding ortho intramolecular Hbond substituents is 1. The van der Waals surface area contributed by atoms with E-state index in [-0.39, 0.29) is 13.1 Å². The van der Waals surface area contributed by atoms with Crippen molar-refractivity contribution in [3.8, 4) is 5.75 Å². The van der Waals surface area contributed by atoms with E-state index in [0.29, 0.717) is 5.56 Å². The minimum atomic E-state index is -0.963. The monoisotopic (exact) mass is 289 g/mol. The van der Waals surface area contributed by atoms with Crippen LogP contribution in [0, 0.1) is 12.7 Å². The van der Waals surface area contributed by atoms with Crippen LogP contribution in [0.5, 0.6) is 5.75 Å². The number of hydrogen-bond donors (Lipinski definition) is 2. The highest BCUT2D eigenvalue weighted by Crippen LogP contribution is 2.21. The second-order valence-electron chi connectivity index (χ2n) is 4.87. The van der Waals surface area contributed by atoms with Crippen LogP contribution in [0.15, 0.2) is 42.5 Å². The van der Waals surface area contributed by atoms with E-state index in [4.69, 9.17) is 5.11 Å². The minimum absolute atomic E-state index is 0.189. The van der Waals surface area contributed by atoms with Crippen LogP contribution >= 0.6 is 0 Å². The number of carbonyl (C=O) groups is 1. The Bertz CT molecular complexity index is 640. The summed E-state index contributed by atoms with van der Waals surface area (Å²) in [4.78, 5) is 12.6. The van der Waals surface area contributed by atoms with E-state index in [1.807, 2.05) is 31.2 Å². The third-order valence-electron chi connectivity index (χ3n) is 3.11. The van der Waals surface area contributed by atoms with Gasteiger partial charge in [0.2, 0.25) is 0 Å². The van der Waals surface area contributed by atoms with Crippen LogP contribution in [-0.4, -0.2) is 22.7 Å². The maximum atomic E-state index is 13.4. The first-order chi connectivity index (χ1) is 9.95. The highest BCUT2D eigenvalue weighted by Gasteiger charge is 2.12. The van der Waals surface area contributed by atoms with Gasteiger partial charge in [-0.3, -0.25) is 4.79 Å². The van der Waals surface area contributed by atoms with Gasteiger partial charge in [-0.2, -0.15) is 0 Å². The molecular formula is C16H16FNO3. The maximum Gasteiger partial charge on any atom is 0.323 e. The van der Waals surface area contributed by atoms with E-state index in [1.54, 1.807) is 11.0 Å². The molecule has 0 spiro atoms. The van der Waals surface area contributed by atoms with E-state index >= 15 is 0 Å². The number of carboxylic acids is 1. The smallest absolute Gasteiger partial charge is 0.323 e. The summed E-state index contributed by atoms with van der Waals surface area (Å²) in [7, 11) is 0. The Balaban J connectivity index is 2.25. The van der Waals surface area contributed by atoms with Gasteiger partial charge in [0, 0.05) is 12.2 Å². The molecule has 0 bridgehead atoms. The molecule has 0 saturated heterocycles. The third kappa shape index (κ3) is 3.95. The number of hydrogen-bond acceptors (Lipinski definition) is 3. The average Bonchev–Trinajstić information content (AvgIpc) is 2.42. The molecule has 4 nitrogen and oxygen atoms in total. The predicted octanol–water partition coefficient (Wildman–Crippen LogP) is 2.93. The van der Waals surface area contributed by atoms with Crippen LogP contribution in [0.25, 0.3) is 0 Å². The minimum Gasteiger partial charge on any atom is -0.505 e. The highest BCUT2D eigenvalue weighted by atomic mass is 19.1. The zero-order chi connectivity index (χ0) is 15.4. The Morgan fingerprint density at radius 2 is 1.86 bits per heavy atom. The van der Waals surface area contributed by atoms with Gasteiger partial charge in [-0.05, 0) is 36.8 Å². The number of anilines is 1. The molecule has 0 aliphatic carbocycles. The van der Waals surface area contributed by atoms with Crippen molar-refractivity contribution in [2.75, 3.05) is 11.4 Å². The van der Waals surface area contributed by atoms with E-state index in [2.05, 4.69) is 0 Å². The fraction of sp³-hybridized carbons (Fsp3) is 0.188. The van der Waals surface area contributed by atoms with Crippen LogP contribution in [0.1, 0.15) is 11.1 Å². The van der Waals surface area contributed by atoms with Gasteiger partial charge in [-0.15, -0.1) is 0 Å². The fourth-order valence-electron chi connectivity index (χ4n) is 2.03. The van der Waals surface area contributed by atoms with Crippen molar-refractivity contribution >= 4 is 11.7 Å². The van der Waals surface area contributed by atoms with E-state index in [0.717, 1.165) is 11.3 Å². The number of carboxylic acid groups (broad SMARTS) is 1. The summed E-state index contributed by atoms with van der Waals surface area (Å²) in [5.41, 5.74) is 2.41. The molecule has 2 rings (SSSR count). The number of aliphatic carboxylic acids is 1. The van der Waals surface area contributed by atoms with Gasteiger partial charge in [-0.25, -0.2) is 4.39 Å². The van der Waals surface area contributed by atoms with Crippen molar-refractivity contribution in [3.63, 3.8) is 0 Å². The molecule has 2 aromatic carbocycles. The molecule has 0 aromatic heterocycles. The molecule has 0 heterocycles. The number of phenols is 1. The molecule has 2 N–H and O–H groups in total. The van der Waals surface area contributed by atoms with Crippen molar-refractivity contribution in [3.05, 3.63) is 59.4 Å². The lowest BCUT2D eigenvalue weighted by Crippen LogP contribution is -2.29. The first-order valence-corrected chi connectivity index (χ1v) is 6.46. The van der Waals surface area contributed by atoms with Crippen molar-refractivity contribution in [1.82, 2.24) is 0 Å². The summed E-state index contributed by atoms with van der Waals surface area (Å²) in [6, 6.07) is 11.5. The number of aromatic hydroxyl groups is 1. The summed E-state index contributed by atoms with van der Waals surface area (Å²) >= 11 is 0. The van der Waals surface area contributed by atoms with Crippen LogP contribution in [0.3, 0.4) is 0 Å². The lowest BCUT2D eigenvalue weighted by molar-refractivity contribution is -0.135. The molecule has 0 aliphatic rings. The van der Waals surface area contributed by atoms with Crippen LogP contribution in [-0.2, 0) is 11.3 Å². The largest absolute Gasteiger partial charge is 0.505 e. The number of aryl methyl sites for hydroxylation is 1. The van der Waals surface area contributed by atoms with Crippen molar-refractivity contribution in [1.29, 1.82) is 0 Å². The molecular weight excluding hydrogens is 273 g/mol. The Kier molecular flexibility index (Phi) is 4.42. The predicted molar refractivity (Wildman–Crippen MR) is 77.9 cm³/mol. The van der Waals surface area contributed by atoms with Crippen LogP contribution in [0.4, 0.5) is 10.1 Å². The standard InChI is InChI=1S/C16H16FNO3/c1-11-2-5-13(6-3-11)18(10-16(20)21)9-12-4-7-15(19)14(17)8-12/h2-8,19H,9-10H2,1H3,(H,20,21). The number of nitrogens with zero attached hydrogens (tertiary/aromatic N) is 1. The Morgan fingerprint density at radius 1 is 1.19 bits per heavy atom.